The highest BCUT2D eigenvalue weighted by atomic mass is 35.5. The summed E-state index contributed by atoms with van der Waals surface area (Å²) in [5.41, 5.74) is 6.52. The normalized spacial score (nSPS) is 16.5. The first kappa shape index (κ1) is 30.4. The molecule has 3 aromatic rings. The molecule has 0 saturated carbocycles. The van der Waals surface area contributed by atoms with Crippen LogP contribution in [-0.2, 0) is 25.8 Å². The number of nitrogens with zero attached hydrogens (tertiary/aromatic N) is 2. The van der Waals surface area contributed by atoms with Gasteiger partial charge in [0.15, 0.2) is 5.78 Å². The topological polar surface area (TPSA) is 23.6 Å². The molecule has 2 aliphatic heterocycles. The lowest BCUT2D eigenvalue weighted by atomic mass is 9.89. The van der Waals surface area contributed by atoms with E-state index in [4.69, 9.17) is 0 Å². The zero-order valence-electron chi connectivity index (χ0n) is 22.4. The Labute approximate surface area is 241 Å². The highest BCUT2D eigenvalue weighted by molar-refractivity contribution is 5.96. The Kier molecular flexibility index (Phi) is 12.3. The van der Waals surface area contributed by atoms with Crippen LogP contribution in [0.4, 0.5) is 0 Å². The molecule has 2 aliphatic rings. The Morgan fingerprint density at radius 2 is 1.34 bits per heavy atom. The van der Waals surface area contributed by atoms with Crippen molar-refractivity contribution in [3.8, 4) is 0 Å². The van der Waals surface area contributed by atoms with Gasteiger partial charge in [-0.3, -0.25) is 9.69 Å². The Balaban J connectivity index is 0.00000200. The second-order valence-corrected chi connectivity index (χ2v) is 10.7. The number of carbonyl (C=O) groups excluding carboxylic acids is 1. The average Bonchev–Trinajstić information content (AvgIpc) is 3.14. The van der Waals surface area contributed by atoms with E-state index in [2.05, 4.69) is 88.7 Å². The number of ketones is 1. The average molecular weight is 554 g/mol. The minimum absolute atomic E-state index is 0. The number of piperidine rings is 1. The summed E-state index contributed by atoms with van der Waals surface area (Å²) in [6.45, 7) is 6.63. The van der Waals surface area contributed by atoms with Crippen molar-refractivity contribution in [1.29, 1.82) is 0 Å². The Morgan fingerprint density at radius 3 is 2.03 bits per heavy atom. The number of Topliss-reactive ketones (excluding diaryl/α,β-unsaturated/α-hetero) is 1. The second-order valence-electron chi connectivity index (χ2n) is 10.7. The van der Waals surface area contributed by atoms with E-state index < -0.39 is 0 Å². The minimum atomic E-state index is 0. The van der Waals surface area contributed by atoms with Crippen LogP contribution in [0.25, 0.3) is 0 Å². The Bertz CT molecular complexity index is 1110. The Morgan fingerprint density at radius 1 is 0.711 bits per heavy atom. The standard InChI is InChI=1S/C33H40N2O.2ClH/c36-33(14-11-28-16-21-34(22-17-28)20-15-27-7-3-1-4-8-27)32-13-12-30-18-23-35(24-19-31(30)25-32)26-29-9-5-2-6-10-29;;/h1-10,12-13,25,28H,11,14-24,26H2;2*1H. The van der Waals surface area contributed by atoms with E-state index in [1.165, 1.54) is 48.2 Å². The maximum absolute atomic E-state index is 13.1. The van der Waals surface area contributed by atoms with Gasteiger partial charge in [-0.1, -0.05) is 72.8 Å². The molecule has 0 aliphatic carbocycles. The van der Waals surface area contributed by atoms with Crippen LogP contribution in [0.3, 0.4) is 0 Å². The second kappa shape index (κ2) is 15.4. The summed E-state index contributed by atoms with van der Waals surface area (Å²) in [7, 11) is 0. The number of halogens is 2. The molecular formula is C33H42Cl2N2O. The van der Waals surface area contributed by atoms with E-state index >= 15 is 0 Å². The van der Waals surface area contributed by atoms with Crippen molar-refractivity contribution in [1.82, 2.24) is 9.80 Å². The van der Waals surface area contributed by atoms with E-state index in [1.807, 2.05) is 0 Å². The van der Waals surface area contributed by atoms with Crippen LogP contribution in [-0.4, -0.2) is 48.3 Å². The minimum Gasteiger partial charge on any atom is -0.303 e. The molecular weight excluding hydrogens is 511 g/mol. The first-order valence-corrected chi connectivity index (χ1v) is 13.9. The fourth-order valence-electron chi connectivity index (χ4n) is 5.85. The lowest BCUT2D eigenvalue weighted by Gasteiger charge is -2.32. The number of hydrogen-bond acceptors (Lipinski definition) is 3. The van der Waals surface area contributed by atoms with Crippen LogP contribution >= 0.6 is 24.8 Å². The summed E-state index contributed by atoms with van der Waals surface area (Å²) in [6.07, 6.45) is 7.41. The fraction of sp³-hybridized carbons (Fsp3) is 0.424. The third kappa shape index (κ3) is 8.68. The molecule has 0 spiro atoms. The van der Waals surface area contributed by atoms with Crippen molar-refractivity contribution >= 4 is 30.6 Å². The van der Waals surface area contributed by atoms with Crippen LogP contribution in [0.5, 0.6) is 0 Å². The molecule has 0 amide bonds. The maximum atomic E-state index is 13.1. The van der Waals surface area contributed by atoms with E-state index in [0.717, 1.165) is 57.4 Å². The molecule has 0 N–H and O–H groups in total. The smallest absolute Gasteiger partial charge is 0.162 e. The summed E-state index contributed by atoms with van der Waals surface area (Å²) in [5.74, 6) is 1.02. The van der Waals surface area contributed by atoms with Gasteiger partial charge in [0, 0.05) is 38.2 Å². The van der Waals surface area contributed by atoms with Crippen LogP contribution in [0.2, 0.25) is 0 Å². The molecule has 3 aromatic carbocycles. The first-order chi connectivity index (χ1) is 17.7. The molecule has 0 aromatic heterocycles. The summed E-state index contributed by atoms with van der Waals surface area (Å²) in [6, 6.07) is 28.0. The predicted molar refractivity (Wildman–Crippen MR) is 163 cm³/mol. The molecule has 5 rings (SSSR count). The lowest BCUT2D eigenvalue weighted by molar-refractivity contribution is 0.0962. The van der Waals surface area contributed by atoms with Gasteiger partial charge in [-0.2, -0.15) is 0 Å². The molecule has 0 bridgehead atoms. The molecule has 0 unspecified atom stereocenters. The van der Waals surface area contributed by atoms with Crippen LogP contribution in [0.15, 0.2) is 78.9 Å². The number of likely N-dealkylation sites (tertiary alicyclic amines) is 1. The third-order valence-electron chi connectivity index (χ3n) is 8.22. The van der Waals surface area contributed by atoms with Gasteiger partial charge in [-0.15, -0.1) is 24.8 Å². The van der Waals surface area contributed by atoms with Gasteiger partial charge in [0.25, 0.3) is 0 Å². The van der Waals surface area contributed by atoms with Crippen molar-refractivity contribution in [3.63, 3.8) is 0 Å². The number of carbonyl (C=O) groups is 1. The van der Waals surface area contributed by atoms with E-state index in [-0.39, 0.29) is 24.8 Å². The molecule has 5 heteroatoms. The third-order valence-corrected chi connectivity index (χ3v) is 8.22. The number of benzene rings is 3. The predicted octanol–water partition coefficient (Wildman–Crippen LogP) is 7.05. The largest absolute Gasteiger partial charge is 0.303 e. The molecule has 0 radical (unpaired) electrons. The summed E-state index contributed by atoms with van der Waals surface area (Å²) < 4.78 is 0. The van der Waals surface area contributed by atoms with Crippen molar-refractivity contribution in [3.05, 3.63) is 107 Å². The summed E-state index contributed by atoms with van der Waals surface area (Å²) in [5, 5.41) is 0. The first-order valence-electron chi connectivity index (χ1n) is 13.9. The van der Waals surface area contributed by atoms with Crippen molar-refractivity contribution in [2.24, 2.45) is 5.92 Å². The monoisotopic (exact) mass is 552 g/mol. The van der Waals surface area contributed by atoms with Crippen LogP contribution in [0.1, 0.15) is 58.3 Å². The number of fused-ring (bicyclic) bond motifs is 1. The van der Waals surface area contributed by atoms with Gasteiger partial charge in [0.2, 0.25) is 0 Å². The fourth-order valence-corrected chi connectivity index (χ4v) is 5.85. The van der Waals surface area contributed by atoms with Gasteiger partial charge in [-0.25, -0.2) is 0 Å². The Hall–Kier alpha value is -2.17. The van der Waals surface area contributed by atoms with Gasteiger partial charge < -0.3 is 4.90 Å². The summed E-state index contributed by atoms with van der Waals surface area (Å²) in [4.78, 5) is 18.2. The molecule has 2 heterocycles. The van der Waals surface area contributed by atoms with E-state index in [9.17, 15) is 4.79 Å². The zero-order chi connectivity index (χ0) is 24.6. The lowest BCUT2D eigenvalue weighted by Crippen LogP contribution is -2.35. The van der Waals surface area contributed by atoms with Crippen molar-refractivity contribution < 1.29 is 4.79 Å². The van der Waals surface area contributed by atoms with Crippen molar-refractivity contribution in [2.45, 2.75) is 51.5 Å². The van der Waals surface area contributed by atoms with E-state index in [0.29, 0.717) is 18.1 Å². The molecule has 0 atom stereocenters. The van der Waals surface area contributed by atoms with Crippen LogP contribution < -0.4 is 0 Å². The molecule has 38 heavy (non-hydrogen) atoms. The SMILES string of the molecule is Cl.Cl.O=C(CCC1CCN(CCc2ccccc2)CC1)c1ccc2c(c1)CCN(Cc1ccccc1)CC2. The van der Waals surface area contributed by atoms with Crippen LogP contribution in [0, 0.1) is 5.92 Å². The summed E-state index contributed by atoms with van der Waals surface area (Å²) >= 11 is 0. The van der Waals surface area contributed by atoms with Gasteiger partial charge in [0.05, 0.1) is 0 Å². The zero-order valence-corrected chi connectivity index (χ0v) is 24.0. The van der Waals surface area contributed by atoms with Gasteiger partial charge >= 0.3 is 0 Å². The maximum Gasteiger partial charge on any atom is 0.162 e. The van der Waals surface area contributed by atoms with Gasteiger partial charge in [0.1, 0.15) is 0 Å². The van der Waals surface area contributed by atoms with Crippen molar-refractivity contribution in [2.75, 3.05) is 32.7 Å². The highest BCUT2D eigenvalue weighted by Gasteiger charge is 2.21. The molecule has 1 fully saturated rings. The molecule has 1 saturated heterocycles. The molecule has 3 nitrogen and oxygen atoms in total. The number of rotatable bonds is 9. The quantitative estimate of drug-likeness (QED) is 0.266. The highest BCUT2D eigenvalue weighted by Crippen LogP contribution is 2.25. The van der Waals surface area contributed by atoms with E-state index in [1.54, 1.807) is 0 Å². The number of hydrogen-bond donors (Lipinski definition) is 0. The van der Waals surface area contributed by atoms with Gasteiger partial charge in [-0.05, 0) is 85.9 Å². The molecule has 204 valence electrons.